The maximum atomic E-state index is 12.3. The lowest BCUT2D eigenvalue weighted by molar-refractivity contribution is -0.158. The lowest BCUT2D eigenvalue weighted by Gasteiger charge is -2.27. The van der Waals surface area contributed by atoms with E-state index in [1.54, 1.807) is 45.0 Å². The first-order chi connectivity index (χ1) is 10.9. The summed E-state index contributed by atoms with van der Waals surface area (Å²) in [4.78, 5) is 24.3. The van der Waals surface area contributed by atoms with E-state index < -0.39 is 11.6 Å². The molecule has 6 heteroatoms. The molecule has 0 bridgehead atoms. The van der Waals surface area contributed by atoms with Crippen LogP contribution in [0.1, 0.15) is 37.6 Å². The van der Waals surface area contributed by atoms with Crippen LogP contribution in [0.2, 0.25) is 0 Å². The van der Waals surface area contributed by atoms with E-state index in [9.17, 15) is 9.59 Å². The Morgan fingerprint density at radius 2 is 2.04 bits per heavy atom. The van der Waals surface area contributed by atoms with Crippen LogP contribution in [0.5, 0.6) is 5.75 Å². The highest BCUT2D eigenvalue weighted by Gasteiger charge is 2.33. The molecule has 0 spiro atoms. The molecule has 0 aromatic heterocycles. The van der Waals surface area contributed by atoms with E-state index in [0.717, 1.165) is 13.0 Å². The van der Waals surface area contributed by atoms with Crippen LogP contribution in [0.15, 0.2) is 24.3 Å². The van der Waals surface area contributed by atoms with Gasteiger partial charge in [-0.1, -0.05) is 12.1 Å². The topological polar surface area (TPSA) is 73.9 Å². The number of ether oxygens (including phenoxy) is 3. The van der Waals surface area contributed by atoms with E-state index in [0.29, 0.717) is 17.9 Å². The monoisotopic (exact) mass is 321 g/mol. The third kappa shape index (κ3) is 4.45. The van der Waals surface area contributed by atoms with Crippen molar-refractivity contribution in [2.75, 3.05) is 19.8 Å². The number of carbonyl (C=O) groups excluding carboxylic acids is 2. The number of hydrogen-bond acceptors (Lipinski definition) is 5. The minimum Gasteiger partial charge on any atom is -0.475 e. The summed E-state index contributed by atoms with van der Waals surface area (Å²) < 4.78 is 16.0. The Morgan fingerprint density at radius 3 is 2.65 bits per heavy atom. The summed E-state index contributed by atoms with van der Waals surface area (Å²) in [6, 6.07) is 6.82. The highest BCUT2D eigenvalue weighted by atomic mass is 16.6. The number of benzene rings is 1. The van der Waals surface area contributed by atoms with Gasteiger partial charge < -0.3 is 19.5 Å². The molecule has 1 fully saturated rings. The molecule has 1 aromatic carbocycles. The summed E-state index contributed by atoms with van der Waals surface area (Å²) in [5.41, 5.74) is -0.798. The second-order valence-corrected chi connectivity index (χ2v) is 5.82. The molecule has 6 nitrogen and oxygen atoms in total. The van der Waals surface area contributed by atoms with E-state index in [1.807, 2.05) is 0 Å². The summed E-state index contributed by atoms with van der Waals surface area (Å²) in [6.45, 7) is 6.44. The molecule has 1 heterocycles. The summed E-state index contributed by atoms with van der Waals surface area (Å²) in [5, 5.41) is 2.82. The molecule has 126 valence electrons. The van der Waals surface area contributed by atoms with Gasteiger partial charge in [-0.25, -0.2) is 4.79 Å². The van der Waals surface area contributed by atoms with E-state index >= 15 is 0 Å². The Morgan fingerprint density at radius 1 is 1.35 bits per heavy atom. The van der Waals surface area contributed by atoms with Crippen molar-refractivity contribution in [3.8, 4) is 5.75 Å². The van der Waals surface area contributed by atoms with Gasteiger partial charge in [-0.05, 0) is 39.3 Å². The highest BCUT2D eigenvalue weighted by Crippen LogP contribution is 2.24. The van der Waals surface area contributed by atoms with Crippen molar-refractivity contribution in [1.82, 2.24) is 5.32 Å². The van der Waals surface area contributed by atoms with E-state index in [1.165, 1.54) is 0 Å². The molecule has 1 aromatic rings. The summed E-state index contributed by atoms with van der Waals surface area (Å²) in [7, 11) is 0. The van der Waals surface area contributed by atoms with E-state index in [4.69, 9.17) is 14.2 Å². The first-order valence-electron chi connectivity index (χ1n) is 7.79. The zero-order chi connectivity index (χ0) is 16.9. The molecule has 1 amide bonds. The number of para-hydroxylation sites is 1. The number of rotatable bonds is 7. The average molecular weight is 321 g/mol. The maximum absolute atomic E-state index is 12.3. The molecular weight excluding hydrogens is 298 g/mol. The van der Waals surface area contributed by atoms with Crippen LogP contribution >= 0.6 is 0 Å². The fraction of sp³-hybridized carbons (Fsp3) is 0.529. The molecule has 1 aliphatic rings. The molecule has 0 aliphatic carbocycles. The molecular formula is C17H23NO5. The first-order valence-corrected chi connectivity index (χ1v) is 7.79. The number of carbonyl (C=O) groups is 2. The molecule has 2 rings (SSSR count). The van der Waals surface area contributed by atoms with Crippen molar-refractivity contribution in [2.24, 2.45) is 0 Å². The quantitative estimate of drug-likeness (QED) is 0.777. The fourth-order valence-corrected chi connectivity index (χ4v) is 2.11. The Kier molecular flexibility index (Phi) is 5.60. The lowest BCUT2D eigenvalue weighted by atomic mass is 10.1. The molecule has 1 unspecified atom stereocenters. The largest absolute Gasteiger partial charge is 0.475 e. The van der Waals surface area contributed by atoms with Crippen molar-refractivity contribution >= 4 is 11.9 Å². The zero-order valence-electron chi connectivity index (χ0n) is 13.8. The van der Waals surface area contributed by atoms with Gasteiger partial charge in [-0.2, -0.15) is 0 Å². The Bertz CT molecular complexity index is 566. The smallest absolute Gasteiger partial charge is 0.349 e. The minimum atomic E-state index is -1.18. The number of hydrogen-bond donors (Lipinski definition) is 1. The predicted octanol–water partition coefficient (Wildman–Crippen LogP) is 1.93. The number of esters is 1. The zero-order valence-corrected chi connectivity index (χ0v) is 13.8. The van der Waals surface area contributed by atoms with Gasteiger partial charge in [-0.3, -0.25) is 4.79 Å². The summed E-state index contributed by atoms with van der Waals surface area (Å²) in [5.74, 6) is -0.383. The van der Waals surface area contributed by atoms with Gasteiger partial charge in [0, 0.05) is 13.2 Å². The Hall–Kier alpha value is -2.08. The number of nitrogens with one attached hydrogen (secondary N) is 1. The van der Waals surface area contributed by atoms with E-state index in [-0.39, 0.29) is 18.6 Å². The average Bonchev–Trinajstić information content (AvgIpc) is 2.46. The van der Waals surface area contributed by atoms with Crippen molar-refractivity contribution in [1.29, 1.82) is 0 Å². The fourth-order valence-electron chi connectivity index (χ4n) is 2.11. The molecule has 1 aliphatic heterocycles. The number of amides is 1. The third-order valence-electron chi connectivity index (χ3n) is 3.55. The van der Waals surface area contributed by atoms with Gasteiger partial charge in [0.15, 0.2) is 5.60 Å². The van der Waals surface area contributed by atoms with Crippen molar-refractivity contribution in [2.45, 2.75) is 38.9 Å². The predicted molar refractivity (Wildman–Crippen MR) is 84.5 cm³/mol. The van der Waals surface area contributed by atoms with Crippen molar-refractivity contribution in [3.05, 3.63) is 29.8 Å². The molecule has 0 saturated carbocycles. The molecule has 23 heavy (non-hydrogen) atoms. The third-order valence-corrected chi connectivity index (χ3v) is 3.55. The summed E-state index contributed by atoms with van der Waals surface area (Å²) >= 11 is 0. The van der Waals surface area contributed by atoms with Crippen LogP contribution in [-0.2, 0) is 14.3 Å². The SMILES string of the molecule is CCOC(=O)C(C)(C)Oc1ccccc1C(=O)NCC1CCO1. The first kappa shape index (κ1) is 17.3. The lowest BCUT2D eigenvalue weighted by Crippen LogP contribution is -2.41. The van der Waals surface area contributed by atoms with Gasteiger partial charge >= 0.3 is 5.97 Å². The van der Waals surface area contributed by atoms with Crippen LogP contribution in [0.25, 0.3) is 0 Å². The van der Waals surface area contributed by atoms with Gasteiger partial charge in [0.2, 0.25) is 0 Å². The standard InChI is InChI=1S/C17H23NO5/c1-4-21-16(20)17(2,3)23-14-8-6-5-7-13(14)15(19)18-11-12-9-10-22-12/h5-8,12H,4,9-11H2,1-3H3,(H,18,19). The van der Waals surface area contributed by atoms with Crippen LogP contribution in [0, 0.1) is 0 Å². The Labute approximate surface area is 136 Å². The van der Waals surface area contributed by atoms with Gasteiger partial charge in [0.25, 0.3) is 5.91 Å². The minimum absolute atomic E-state index is 0.0861. The second kappa shape index (κ2) is 7.46. The molecule has 1 N–H and O–H groups in total. The second-order valence-electron chi connectivity index (χ2n) is 5.82. The van der Waals surface area contributed by atoms with Gasteiger partial charge in [-0.15, -0.1) is 0 Å². The van der Waals surface area contributed by atoms with Gasteiger partial charge in [0.1, 0.15) is 5.75 Å². The molecule has 0 radical (unpaired) electrons. The highest BCUT2D eigenvalue weighted by molar-refractivity contribution is 5.97. The van der Waals surface area contributed by atoms with Crippen LogP contribution in [-0.4, -0.2) is 43.3 Å². The summed E-state index contributed by atoms with van der Waals surface area (Å²) in [6.07, 6.45) is 1.04. The normalized spacial score (nSPS) is 17.1. The van der Waals surface area contributed by atoms with Crippen molar-refractivity contribution in [3.63, 3.8) is 0 Å². The Balaban J connectivity index is 2.06. The van der Waals surface area contributed by atoms with Gasteiger partial charge in [0.05, 0.1) is 18.3 Å². The van der Waals surface area contributed by atoms with E-state index in [2.05, 4.69) is 5.32 Å². The molecule has 1 saturated heterocycles. The van der Waals surface area contributed by atoms with Crippen LogP contribution < -0.4 is 10.1 Å². The molecule has 1 atom stereocenters. The maximum Gasteiger partial charge on any atom is 0.349 e. The van der Waals surface area contributed by atoms with Crippen LogP contribution in [0.4, 0.5) is 0 Å². The van der Waals surface area contributed by atoms with Crippen molar-refractivity contribution < 1.29 is 23.8 Å². The van der Waals surface area contributed by atoms with Crippen LogP contribution in [0.3, 0.4) is 0 Å².